The Morgan fingerprint density at radius 2 is 1.67 bits per heavy atom. The van der Waals surface area contributed by atoms with Crippen molar-refractivity contribution in [1.82, 2.24) is 19.7 Å². The molecule has 11 heteroatoms. The second-order valence-corrected chi connectivity index (χ2v) is 27.5. The zero-order valence-corrected chi connectivity index (χ0v) is 32.9. The highest BCUT2D eigenvalue weighted by atomic mass is 127. The van der Waals surface area contributed by atoms with E-state index in [9.17, 15) is 4.39 Å². The molecule has 1 aromatic carbocycles. The Bertz CT molecular complexity index is 1480. The first-order valence-corrected chi connectivity index (χ1v) is 23.6. The van der Waals surface area contributed by atoms with E-state index in [1.54, 1.807) is 12.1 Å². The van der Waals surface area contributed by atoms with Gasteiger partial charge in [-0.2, -0.15) is 5.10 Å². The van der Waals surface area contributed by atoms with Gasteiger partial charge in [-0.3, -0.25) is 0 Å². The Balaban J connectivity index is 1.45. The van der Waals surface area contributed by atoms with Gasteiger partial charge in [0.2, 0.25) is 8.32 Å². The molecular formula is C34H52FIN5O2Si2. The van der Waals surface area contributed by atoms with Crippen LogP contribution < -0.4 is 4.90 Å². The molecule has 1 radical (unpaired) electrons. The van der Waals surface area contributed by atoms with Crippen molar-refractivity contribution in [3.63, 3.8) is 0 Å². The minimum absolute atomic E-state index is 0.0666. The molecule has 0 N–H and O–H groups in total. The van der Waals surface area contributed by atoms with E-state index in [2.05, 4.69) is 95.1 Å². The second kappa shape index (κ2) is 13.6. The molecule has 5 rings (SSSR count). The fraction of sp³-hybridized carbons (Fsp3) is 0.647. The van der Waals surface area contributed by atoms with Crippen molar-refractivity contribution in [1.29, 1.82) is 0 Å². The summed E-state index contributed by atoms with van der Waals surface area (Å²) in [5.41, 5.74) is 6.30. The number of hydrogen-bond acceptors (Lipinski definition) is 6. The average Bonchev–Trinajstić information content (AvgIpc) is 3.46. The Kier molecular flexibility index (Phi) is 10.5. The van der Waals surface area contributed by atoms with E-state index in [1.807, 2.05) is 10.7 Å². The topological polar surface area (TPSA) is 65.3 Å². The summed E-state index contributed by atoms with van der Waals surface area (Å²) in [5, 5.41) is 4.81. The lowest BCUT2D eigenvalue weighted by molar-refractivity contribution is 0.0810. The van der Waals surface area contributed by atoms with E-state index in [0.29, 0.717) is 30.0 Å². The number of rotatable bonds is 12. The predicted octanol–water partition coefficient (Wildman–Crippen LogP) is 8.97. The van der Waals surface area contributed by atoms with Crippen molar-refractivity contribution < 1.29 is 13.6 Å². The largest absolute Gasteiger partial charge is 0.410 e. The molecule has 3 aromatic rings. The zero-order chi connectivity index (χ0) is 32.7. The summed E-state index contributed by atoms with van der Waals surface area (Å²) < 4.78 is 29.9. The van der Waals surface area contributed by atoms with Crippen LogP contribution in [0, 0.1) is 21.4 Å². The maximum Gasteiger partial charge on any atom is 0.200 e. The maximum atomic E-state index is 14.0. The van der Waals surface area contributed by atoms with Gasteiger partial charge >= 0.3 is 0 Å². The van der Waals surface area contributed by atoms with Gasteiger partial charge in [-0.15, -0.1) is 0 Å². The van der Waals surface area contributed by atoms with Gasteiger partial charge in [0, 0.05) is 27.8 Å². The summed E-state index contributed by atoms with van der Waals surface area (Å²) >= 11 is 2.28. The van der Waals surface area contributed by atoms with Gasteiger partial charge in [-0.05, 0) is 99.6 Å². The summed E-state index contributed by atoms with van der Waals surface area (Å²) in [6.45, 7) is 24.3. The first kappa shape index (κ1) is 34.9. The van der Waals surface area contributed by atoms with E-state index in [0.717, 1.165) is 76.9 Å². The highest BCUT2D eigenvalue weighted by molar-refractivity contribution is 14.1. The fourth-order valence-electron chi connectivity index (χ4n) is 7.75. The van der Waals surface area contributed by atoms with E-state index in [1.165, 1.54) is 5.56 Å². The van der Waals surface area contributed by atoms with Gasteiger partial charge < -0.3 is 14.1 Å². The number of nitrogens with zero attached hydrogens (tertiary/aromatic N) is 5. The van der Waals surface area contributed by atoms with Crippen molar-refractivity contribution in [2.24, 2.45) is 5.41 Å². The van der Waals surface area contributed by atoms with Crippen LogP contribution in [0.1, 0.15) is 71.2 Å². The Hall–Kier alpha value is -1.42. The van der Waals surface area contributed by atoms with Crippen LogP contribution in [0.5, 0.6) is 0 Å². The molecule has 247 valence electrons. The maximum absolute atomic E-state index is 14.0. The second-order valence-electron chi connectivity index (χ2n) is 15.4. The number of piperidine rings is 1. The minimum Gasteiger partial charge on any atom is -0.410 e. The molecule has 45 heavy (non-hydrogen) atoms. The van der Waals surface area contributed by atoms with Crippen LogP contribution >= 0.6 is 22.6 Å². The van der Waals surface area contributed by atoms with Gasteiger partial charge in [0.25, 0.3) is 0 Å². The van der Waals surface area contributed by atoms with Crippen molar-refractivity contribution >= 4 is 56.0 Å². The third kappa shape index (κ3) is 7.37. The molecule has 0 saturated carbocycles. The molecule has 7 nitrogen and oxygen atoms in total. The monoisotopic (exact) mass is 764 g/mol. The first-order chi connectivity index (χ1) is 21.1. The number of fused-ring (bicyclic) bond motifs is 2. The molecule has 0 unspecified atom stereocenters. The summed E-state index contributed by atoms with van der Waals surface area (Å²) in [6.07, 6.45) is 5.27. The summed E-state index contributed by atoms with van der Waals surface area (Å²) in [5.74, 6) is 0.752. The Morgan fingerprint density at radius 1 is 1.00 bits per heavy atom. The highest BCUT2D eigenvalue weighted by Crippen LogP contribution is 2.47. The van der Waals surface area contributed by atoms with Crippen molar-refractivity contribution in [3.8, 4) is 0 Å². The molecule has 1 saturated heterocycles. The molecule has 0 amide bonds. The fourth-order valence-corrected chi connectivity index (χ4v) is 14.5. The van der Waals surface area contributed by atoms with Crippen molar-refractivity contribution in [3.05, 3.63) is 51.0 Å². The number of anilines is 1. The van der Waals surface area contributed by atoms with Gasteiger partial charge in [-0.25, -0.2) is 19.0 Å². The van der Waals surface area contributed by atoms with Crippen LogP contribution in [-0.2, 0) is 28.9 Å². The SMILES string of the molecule is CC(C)[Si](OCc1nc2c(I)nn(COCC[Si](C)(C)C)c2nc1N1CCC2([CH]c3ccc(F)cc3C2)CC1)(C(C)C)C(C)C. The van der Waals surface area contributed by atoms with E-state index < -0.39 is 16.4 Å². The van der Waals surface area contributed by atoms with Gasteiger partial charge in [0.05, 0.1) is 6.61 Å². The number of halogens is 2. The third-order valence-corrected chi connectivity index (χ3v) is 18.6. The standard InChI is InChI=1S/C34H52FIN5O2Si2/c1-23(2)45(24(3)4,25(5)6)43-21-29-32(38-33-30(37-29)31(36)39-41(33)22-42-16-17-44(7,8)9)40-14-12-34(13-15-40)19-26-10-11-28(35)18-27(26)20-34/h10-11,18-19,23-25H,12-17,20-22H2,1-9H3. The molecule has 1 spiro atoms. The third-order valence-electron chi connectivity index (χ3n) is 10.1. The molecule has 0 bridgehead atoms. The Labute approximate surface area is 285 Å². The molecule has 3 heterocycles. The molecule has 1 fully saturated rings. The quantitative estimate of drug-likeness (QED) is 0.104. The Morgan fingerprint density at radius 3 is 2.29 bits per heavy atom. The number of benzene rings is 1. The van der Waals surface area contributed by atoms with Crippen LogP contribution in [0.25, 0.3) is 11.2 Å². The minimum atomic E-state index is -2.12. The van der Waals surface area contributed by atoms with Crippen molar-refractivity contribution in [2.45, 2.75) is 116 Å². The van der Waals surface area contributed by atoms with Crippen LogP contribution in [0.3, 0.4) is 0 Å². The molecule has 0 atom stereocenters. The van der Waals surface area contributed by atoms with Gasteiger partial charge in [-0.1, -0.05) is 67.2 Å². The lowest BCUT2D eigenvalue weighted by Crippen LogP contribution is -2.47. The predicted molar refractivity (Wildman–Crippen MR) is 195 cm³/mol. The van der Waals surface area contributed by atoms with E-state index >= 15 is 0 Å². The van der Waals surface area contributed by atoms with Crippen LogP contribution in [0.2, 0.25) is 42.3 Å². The molecule has 1 aliphatic heterocycles. The van der Waals surface area contributed by atoms with Crippen LogP contribution in [-0.4, -0.2) is 55.8 Å². The van der Waals surface area contributed by atoms with Crippen LogP contribution in [0.4, 0.5) is 10.2 Å². The lowest BCUT2D eigenvalue weighted by Gasteiger charge is -2.43. The smallest absolute Gasteiger partial charge is 0.200 e. The van der Waals surface area contributed by atoms with E-state index in [-0.39, 0.29) is 11.2 Å². The zero-order valence-electron chi connectivity index (χ0n) is 28.7. The number of hydrogen-bond donors (Lipinski definition) is 0. The molecular weight excluding hydrogens is 712 g/mol. The van der Waals surface area contributed by atoms with Gasteiger partial charge in [0.15, 0.2) is 15.2 Å². The molecule has 1 aliphatic carbocycles. The number of ether oxygens (including phenoxy) is 1. The van der Waals surface area contributed by atoms with E-state index in [4.69, 9.17) is 24.2 Å². The summed E-state index contributed by atoms with van der Waals surface area (Å²) in [7, 11) is -3.32. The average molecular weight is 765 g/mol. The number of aromatic nitrogens is 4. The normalized spacial score (nSPS) is 17.1. The van der Waals surface area contributed by atoms with Crippen LogP contribution in [0.15, 0.2) is 18.2 Å². The molecule has 2 aliphatic rings. The highest BCUT2D eigenvalue weighted by Gasteiger charge is 2.46. The lowest BCUT2D eigenvalue weighted by atomic mass is 9.76. The first-order valence-electron chi connectivity index (χ1n) is 16.7. The van der Waals surface area contributed by atoms with Crippen molar-refractivity contribution in [2.75, 3.05) is 24.6 Å². The van der Waals surface area contributed by atoms with Gasteiger partial charge in [0.1, 0.15) is 23.8 Å². The summed E-state index contributed by atoms with van der Waals surface area (Å²) in [4.78, 5) is 13.0. The summed E-state index contributed by atoms with van der Waals surface area (Å²) in [6, 6.07) is 6.33. The molecule has 2 aromatic heterocycles.